The van der Waals surface area contributed by atoms with Gasteiger partial charge >= 0.3 is 0 Å². The summed E-state index contributed by atoms with van der Waals surface area (Å²) in [5.41, 5.74) is 2.17. The summed E-state index contributed by atoms with van der Waals surface area (Å²) in [5.74, 6) is -0.110. The second kappa shape index (κ2) is 7.45. The molecule has 0 saturated carbocycles. The number of morpholine rings is 1. The molecule has 0 amide bonds. The van der Waals surface area contributed by atoms with Gasteiger partial charge in [0.25, 0.3) is 0 Å². The first kappa shape index (κ1) is 16.5. The van der Waals surface area contributed by atoms with Gasteiger partial charge < -0.3 is 4.74 Å². The summed E-state index contributed by atoms with van der Waals surface area (Å²) < 4.78 is 5.36. The molecule has 3 rings (SSSR count). The van der Waals surface area contributed by atoms with Crippen LogP contribution >= 0.6 is 23.2 Å². The molecule has 2 aromatic rings. The van der Waals surface area contributed by atoms with Gasteiger partial charge in [0, 0.05) is 35.8 Å². The van der Waals surface area contributed by atoms with Gasteiger partial charge in [-0.05, 0) is 29.8 Å². The lowest BCUT2D eigenvalue weighted by Crippen LogP contribution is -2.35. The average Bonchev–Trinajstić information content (AvgIpc) is 2.57. The number of hydrogen-bond acceptors (Lipinski definition) is 3. The van der Waals surface area contributed by atoms with Crippen molar-refractivity contribution < 1.29 is 9.53 Å². The zero-order valence-electron chi connectivity index (χ0n) is 12.6. The van der Waals surface area contributed by atoms with Crippen LogP contribution in [0.5, 0.6) is 0 Å². The Morgan fingerprint density at radius 3 is 2.65 bits per heavy atom. The SMILES string of the molecule is O=C(c1cccc(CN2CCOCC2)c1)c1cc(Cl)ccc1Cl. The zero-order valence-corrected chi connectivity index (χ0v) is 14.1. The summed E-state index contributed by atoms with van der Waals surface area (Å²) in [4.78, 5) is 15.0. The fourth-order valence-corrected chi connectivity index (χ4v) is 3.03. The molecule has 0 aromatic heterocycles. The average molecular weight is 350 g/mol. The summed E-state index contributed by atoms with van der Waals surface area (Å²) in [6, 6.07) is 12.6. The van der Waals surface area contributed by atoms with E-state index < -0.39 is 0 Å². The molecule has 1 fully saturated rings. The molecule has 0 aliphatic carbocycles. The van der Waals surface area contributed by atoms with E-state index in [0.717, 1.165) is 38.4 Å². The topological polar surface area (TPSA) is 29.5 Å². The van der Waals surface area contributed by atoms with Gasteiger partial charge in [-0.2, -0.15) is 0 Å². The molecule has 3 nitrogen and oxygen atoms in total. The molecule has 1 aliphatic rings. The van der Waals surface area contributed by atoms with Gasteiger partial charge in [0.05, 0.1) is 18.2 Å². The number of rotatable bonds is 4. The van der Waals surface area contributed by atoms with Crippen LogP contribution in [0.3, 0.4) is 0 Å². The fourth-order valence-electron chi connectivity index (χ4n) is 2.66. The van der Waals surface area contributed by atoms with Crippen molar-refractivity contribution in [3.63, 3.8) is 0 Å². The number of halogens is 2. The third kappa shape index (κ3) is 4.12. The zero-order chi connectivity index (χ0) is 16.2. The van der Waals surface area contributed by atoms with E-state index in [9.17, 15) is 4.79 Å². The lowest BCUT2D eigenvalue weighted by atomic mass is 10.0. The van der Waals surface area contributed by atoms with Crippen LogP contribution < -0.4 is 0 Å². The third-order valence-corrected chi connectivity index (χ3v) is 4.44. The van der Waals surface area contributed by atoms with Crippen LogP contribution in [0.25, 0.3) is 0 Å². The molecule has 120 valence electrons. The molecule has 23 heavy (non-hydrogen) atoms. The van der Waals surface area contributed by atoms with Gasteiger partial charge in [-0.1, -0.05) is 41.4 Å². The summed E-state index contributed by atoms with van der Waals surface area (Å²) in [5, 5.41) is 0.917. The normalized spacial score (nSPS) is 15.6. The van der Waals surface area contributed by atoms with Crippen LogP contribution in [0.4, 0.5) is 0 Å². The van der Waals surface area contributed by atoms with Crippen LogP contribution in [-0.2, 0) is 11.3 Å². The van der Waals surface area contributed by atoms with Gasteiger partial charge in [-0.25, -0.2) is 0 Å². The molecule has 1 heterocycles. The molecule has 0 radical (unpaired) electrons. The summed E-state index contributed by atoms with van der Waals surface area (Å²) in [6.07, 6.45) is 0. The monoisotopic (exact) mass is 349 g/mol. The Bertz CT molecular complexity index is 712. The van der Waals surface area contributed by atoms with E-state index >= 15 is 0 Å². The van der Waals surface area contributed by atoms with Gasteiger partial charge in [0.1, 0.15) is 0 Å². The molecule has 2 aromatic carbocycles. The van der Waals surface area contributed by atoms with E-state index in [4.69, 9.17) is 27.9 Å². The largest absolute Gasteiger partial charge is 0.379 e. The number of hydrogen-bond donors (Lipinski definition) is 0. The van der Waals surface area contributed by atoms with Crippen molar-refractivity contribution in [3.8, 4) is 0 Å². The summed E-state index contributed by atoms with van der Waals surface area (Å²) >= 11 is 12.1. The Kier molecular flexibility index (Phi) is 5.34. The van der Waals surface area contributed by atoms with Gasteiger partial charge in [-0.15, -0.1) is 0 Å². The minimum Gasteiger partial charge on any atom is -0.379 e. The second-order valence-electron chi connectivity index (χ2n) is 5.54. The Balaban J connectivity index is 1.81. The maximum atomic E-state index is 12.7. The predicted octanol–water partition coefficient (Wildman–Crippen LogP) is 4.06. The highest BCUT2D eigenvalue weighted by molar-refractivity contribution is 6.36. The molecular formula is C18H17Cl2NO2. The predicted molar refractivity (Wildman–Crippen MR) is 92.4 cm³/mol. The van der Waals surface area contributed by atoms with Gasteiger partial charge in [-0.3, -0.25) is 9.69 Å². The molecule has 0 bridgehead atoms. The number of carbonyl (C=O) groups is 1. The van der Waals surface area contributed by atoms with Gasteiger partial charge in [0.15, 0.2) is 5.78 Å². The van der Waals surface area contributed by atoms with Crippen molar-refractivity contribution in [2.24, 2.45) is 0 Å². The van der Waals surface area contributed by atoms with Crippen molar-refractivity contribution >= 4 is 29.0 Å². The van der Waals surface area contributed by atoms with Crippen LogP contribution in [0.1, 0.15) is 21.5 Å². The quantitative estimate of drug-likeness (QED) is 0.779. The van der Waals surface area contributed by atoms with Crippen molar-refractivity contribution in [3.05, 3.63) is 69.2 Å². The number of carbonyl (C=O) groups excluding carboxylic acids is 1. The maximum absolute atomic E-state index is 12.7. The highest BCUT2D eigenvalue weighted by atomic mass is 35.5. The first-order valence-electron chi connectivity index (χ1n) is 7.52. The van der Waals surface area contributed by atoms with Crippen molar-refractivity contribution in [2.45, 2.75) is 6.54 Å². The van der Waals surface area contributed by atoms with E-state index in [1.807, 2.05) is 24.3 Å². The van der Waals surface area contributed by atoms with Crippen molar-refractivity contribution in [1.29, 1.82) is 0 Å². The lowest BCUT2D eigenvalue weighted by molar-refractivity contribution is 0.0342. The minimum atomic E-state index is -0.110. The highest BCUT2D eigenvalue weighted by Crippen LogP contribution is 2.24. The molecule has 0 unspecified atom stereocenters. The van der Waals surface area contributed by atoms with Crippen LogP contribution in [-0.4, -0.2) is 37.0 Å². The maximum Gasteiger partial charge on any atom is 0.194 e. The second-order valence-corrected chi connectivity index (χ2v) is 6.39. The molecule has 1 aliphatic heterocycles. The summed E-state index contributed by atoms with van der Waals surface area (Å²) in [6.45, 7) is 4.16. The van der Waals surface area contributed by atoms with E-state index in [1.54, 1.807) is 18.2 Å². The number of nitrogens with zero attached hydrogens (tertiary/aromatic N) is 1. The van der Waals surface area contributed by atoms with Crippen LogP contribution in [0.15, 0.2) is 42.5 Å². The Hall–Kier alpha value is -1.39. The fraction of sp³-hybridized carbons (Fsp3) is 0.278. The Morgan fingerprint density at radius 2 is 1.87 bits per heavy atom. The van der Waals surface area contributed by atoms with E-state index in [-0.39, 0.29) is 5.78 Å². The van der Waals surface area contributed by atoms with Gasteiger partial charge in [0.2, 0.25) is 0 Å². The number of ketones is 1. The molecule has 0 atom stereocenters. The first-order valence-corrected chi connectivity index (χ1v) is 8.28. The van der Waals surface area contributed by atoms with Crippen molar-refractivity contribution in [1.82, 2.24) is 4.90 Å². The molecular weight excluding hydrogens is 333 g/mol. The Labute approximate surface area is 145 Å². The number of benzene rings is 2. The highest BCUT2D eigenvalue weighted by Gasteiger charge is 2.15. The molecule has 0 spiro atoms. The standard InChI is InChI=1S/C18H17Cl2NO2/c19-15-4-5-17(20)16(11-15)18(22)14-3-1-2-13(10-14)12-21-6-8-23-9-7-21/h1-5,10-11H,6-9,12H2. The minimum absolute atomic E-state index is 0.110. The van der Waals surface area contributed by atoms with E-state index in [1.165, 1.54) is 0 Å². The Morgan fingerprint density at radius 1 is 1.09 bits per heavy atom. The summed E-state index contributed by atoms with van der Waals surface area (Å²) in [7, 11) is 0. The molecule has 5 heteroatoms. The number of ether oxygens (including phenoxy) is 1. The van der Waals surface area contributed by atoms with E-state index in [0.29, 0.717) is 21.2 Å². The molecule has 1 saturated heterocycles. The van der Waals surface area contributed by atoms with E-state index in [2.05, 4.69) is 4.90 Å². The van der Waals surface area contributed by atoms with Crippen LogP contribution in [0.2, 0.25) is 10.0 Å². The third-order valence-electron chi connectivity index (χ3n) is 3.87. The molecule has 0 N–H and O–H groups in total. The lowest BCUT2D eigenvalue weighted by Gasteiger charge is -2.26. The van der Waals surface area contributed by atoms with Crippen LogP contribution in [0, 0.1) is 0 Å². The first-order chi connectivity index (χ1) is 11.1. The smallest absolute Gasteiger partial charge is 0.194 e. The van der Waals surface area contributed by atoms with Crippen molar-refractivity contribution in [2.75, 3.05) is 26.3 Å².